The molecule has 0 aliphatic heterocycles. The van der Waals surface area contributed by atoms with E-state index >= 15 is 0 Å². The molecule has 0 spiro atoms. The Balaban J connectivity index is 3.30. The van der Waals surface area contributed by atoms with Gasteiger partial charge in [0.15, 0.2) is 0 Å². The normalized spacial score (nSPS) is 11.3. The SMILES string of the molecule is COc1cc(N)ccc1P(=O)(O)O. The van der Waals surface area contributed by atoms with E-state index in [0.717, 1.165) is 0 Å². The van der Waals surface area contributed by atoms with Crippen molar-refractivity contribution in [2.24, 2.45) is 0 Å². The molecule has 0 aromatic heterocycles. The van der Waals surface area contributed by atoms with Crippen LogP contribution in [0.3, 0.4) is 0 Å². The van der Waals surface area contributed by atoms with Gasteiger partial charge in [-0.3, -0.25) is 4.57 Å². The third kappa shape index (κ3) is 2.21. The highest BCUT2D eigenvalue weighted by atomic mass is 31.2. The fourth-order valence-corrected chi connectivity index (χ4v) is 1.65. The molecule has 0 heterocycles. The largest absolute Gasteiger partial charge is 0.496 e. The molecule has 4 N–H and O–H groups in total. The summed E-state index contributed by atoms with van der Waals surface area (Å²) in [7, 11) is -2.95. The Morgan fingerprint density at radius 3 is 2.54 bits per heavy atom. The van der Waals surface area contributed by atoms with Gasteiger partial charge in [0.2, 0.25) is 0 Å². The van der Waals surface area contributed by atoms with Gasteiger partial charge in [-0.1, -0.05) is 0 Å². The average Bonchev–Trinajstić information content (AvgIpc) is 2.01. The van der Waals surface area contributed by atoms with Crippen LogP contribution >= 0.6 is 7.60 Å². The summed E-state index contributed by atoms with van der Waals surface area (Å²) in [5, 5.41) is -0.149. The van der Waals surface area contributed by atoms with Gasteiger partial charge < -0.3 is 20.3 Å². The van der Waals surface area contributed by atoms with E-state index in [0.29, 0.717) is 5.69 Å². The summed E-state index contributed by atoms with van der Waals surface area (Å²) in [6.45, 7) is 0. The van der Waals surface area contributed by atoms with Crippen molar-refractivity contribution in [1.82, 2.24) is 0 Å². The van der Waals surface area contributed by atoms with E-state index in [2.05, 4.69) is 0 Å². The zero-order valence-electron chi connectivity index (χ0n) is 6.97. The zero-order valence-corrected chi connectivity index (χ0v) is 7.86. The van der Waals surface area contributed by atoms with Crippen molar-refractivity contribution in [1.29, 1.82) is 0 Å². The summed E-state index contributed by atoms with van der Waals surface area (Å²) in [6, 6.07) is 4.04. The van der Waals surface area contributed by atoms with E-state index in [9.17, 15) is 4.57 Å². The van der Waals surface area contributed by atoms with Crippen LogP contribution in [0.15, 0.2) is 18.2 Å². The maximum Gasteiger partial charge on any atom is 0.359 e. The lowest BCUT2D eigenvalue weighted by atomic mass is 10.3. The van der Waals surface area contributed by atoms with Gasteiger partial charge in [0.25, 0.3) is 0 Å². The summed E-state index contributed by atoms with van der Waals surface area (Å²) < 4.78 is 15.7. The number of hydrogen-bond acceptors (Lipinski definition) is 3. The minimum Gasteiger partial charge on any atom is -0.496 e. The van der Waals surface area contributed by atoms with Gasteiger partial charge in [-0.25, -0.2) is 0 Å². The molecule has 1 aromatic rings. The van der Waals surface area contributed by atoms with E-state index in [1.54, 1.807) is 0 Å². The molecule has 0 bridgehead atoms. The number of nitrogens with two attached hydrogens (primary N) is 1. The number of methoxy groups -OCH3 is 1. The molecule has 72 valence electrons. The second-order valence-electron chi connectivity index (χ2n) is 2.48. The molecular weight excluding hydrogens is 193 g/mol. The van der Waals surface area contributed by atoms with Gasteiger partial charge in [-0.2, -0.15) is 0 Å². The average molecular weight is 203 g/mol. The standard InChI is InChI=1S/C7H10NO4P/c1-12-6-4-5(8)2-3-7(6)13(9,10)11/h2-4H,8H2,1H3,(H2,9,10,11). The molecule has 0 radical (unpaired) electrons. The predicted octanol–water partition coefficient (Wildman–Crippen LogP) is 0.0804. The van der Waals surface area contributed by atoms with Crippen LogP contribution in [-0.4, -0.2) is 16.9 Å². The molecule has 6 heteroatoms. The van der Waals surface area contributed by atoms with Crippen molar-refractivity contribution < 1.29 is 19.1 Å². The number of anilines is 1. The first-order valence-electron chi connectivity index (χ1n) is 3.45. The molecule has 13 heavy (non-hydrogen) atoms. The first kappa shape index (κ1) is 10.1. The highest BCUT2D eigenvalue weighted by Crippen LogP contribution is 2.37. The fourth-order valence-electron chi connectivity index (χ4n) is 0.935. The lowest BCUT2D eigenvalue weighted by molar-refractivity contribution is 0.380. The van der Waals surface area contributed by atoms with Crippen LogP contribution in [0.4, 0.5) is 5.69 Å². The van der Waals surface area contributed by atoms with Gasteiger partial charge in [-0.05, 0) is 12.1 Å². The molecule has 1 rings (SSSR count). The van der Waals surface area contributed by atoms with Crippen LogP contribution < -0.4 is 15.8 Å². The summed E-state index contributed by atoms with van der Waals surface area (Å²) in [5.41, 5.74) is 5.81. The van der Waals surface area contributed by atoms with Gasteiger partial charge >= 0.3 is 7.60 Å². The molecule has 0 atom stereocenters. The smallest absolute Gasteiger partial charge is 0.359 e. The fraction of sp³-hybridized carbons (Fsp3) is 0.143. The van der Waals surface area contributed by atoms with Crippen molar-refractivity contribution >= 4 is 18.6 Å². The minimum absolute atomic E-state index is 0.105. The van der Waals surface area contributed by atoms with Crippen molar-refractivity contribution in [2.45, 2.75) is 0 Å². The molecule has 0 aliphatic rings. The first-order valence-corrected chi connectivity index (χ1v) is 5.06. The summed E-state index contributed by atoms with van der Waals surface area (Å²) >= 11 is 0. The van der Waals surface area contributed by atoms with Gasteiger partial charge in [-0.15, -0.1) is 0 Å². The number of nitrogen functional groups attached to an aromatic ring is 1. The molecule has 0 fully saturated rings. The molecule has 0 saturated carbocycles. The predicted molar refractivity (Wildman–Crippen MR) is 49.1 cm³/mol. The second kappa shape index (κ2) is 3.38. The van der Waals surface area contributed by atoms with Crippen LogP contribution in [0.2, 0.25) is 0 Å². The summed E-state index contributed by atoms with van der Waals surface area (Å²) in [6.07, 6.45) is 0. The third-order valence-electron chi connectivity index (χ3n) is 1.52. The van der Waals surface area contributed by atoms with Crippen molar-refractivity contribution in [3.8, 4) is 5.75 Å². The Morgan fingerprint density at radius 1 is 1.46 bits per heavy atom. The number of benzene rings is 1. The highest BCUT2D eigenvalue weighted by Gasteiger charge is 2.21. The summed E-state index contributed by atoms with van der Waals surface area (Å²) in [5.74, 6) is 0.105. The Hall–Kier alpha value is -1.03. The first-order chi connectivity index (χ1) is 5.95. The quantitative estimate of drug-likeness (QED) is 0.467. The Labute approximate surface area is 75.3 Å². The minimum atomic E-state index is -4.27. The van der Waals surface area contributed by atoms with E-state index in [1.807, 2.05) is 0 Å². The Morgan fingerprint density at radius 2 is 2.08 bits per heavy atom. The molecular formula is C7H10NO4P. The molecule has 1 aromatic carbocycles. The van der Waals surface area contributed by atoms with E-state index in [4.69, 9.17) is 20.3 Å². The molecule has 0 aliphatic carbocycles. The van der Waals surface area contributed by atoms with E-state index < -0.39 is 7.60 Å². The number of hydrogen-bond donors (Lipinski definition) is 3. The maximum atomic E-state index is 10.9. The topological polar surface area (TPSA) is 92.8 Å². The van der Waals surface area contributed by atoms with Crippen LogP contribution in [0.25, 0.3) is 0 Å². The van der Waals surface area contributed by atoms with Crippen LogP contribution in [0, 0.1) is 0 Å². The van der Waals surface area contributed by atoms with Crippen LogP contribution in [0.5, 0.6) is 5.75 Å². The Bertz CT molecular complexity index is 360. The second-order valence-corrected chi connectivity index (χ2v) is 4.05. The maximum absolute atomic E-state index is 10.9. The monoisotopic (exact) mass is 203 g/mol. The summed E-state index contributed by atoms with van der Waals surface area (Å²) in [4.78, 5) is 17.8. The van der Waals surface area contributed by atoms with Crippen molar-refractivity contribution in [3.63, 3.8) is 0 Å². The lowest BCUT2D eigenvalue weighted by Gasteiger charge is -2.09. The van der Waals surface area contributed by atoms with Crippen LogP contribution in [-0.2, 0) is 4.57 Å². The van der Waals surface area contributed by atoms with Gasteiger partial charge in [0, 0.05) is 11.8 Å². The van der Waals surface area contributed by atoms with Crippen molar-refractivity contribution in [2.75, 3.05) is 12.8 Å². The molecule has 0 unspecified atom stereocenters. The molecule has 0 amide bonds. The Kier molecular flexibility index (Phi) is 2.61. The number of ether oxygens (including phenoxy) is 1. The van der Waals surface area contributed by atoms with Gasteiger partial charge in [0.05, 0.1) is 7.11 Å². The highest BCUT2D eigenvalue weighted by molar-refractivity contribution is 7.60. The molecule has 5 nitrogen and oxygen atoms in total. The lowest BCUT2D eigenvalue weighted by Crippen LogP contribution is -2.08. The van der Waals surface area contributed by atoms with E-state index in [-0.39, 0.29) is 11.1 Å². The molecule has 0 saturated heterocycles. The van der Waals surface area contributed by atoms with E-state index in [1.165, 1.54) is 25.3 Å². The van der Waals surface area contributed by atoms with Crippen molar-refractivity contribution in [3.05, 3.63) is 18.2 Å². The number of rotatable bonds is 2. The van der Waals surface area contributed by atoms with Crippen LogP contribution in [0.1, 0.15) is 0 Å². The third-order valence-corrected chi connectivity index (χ3v) is 2.51. The van der Waals surface area contributed by atoms with Gasteiger partial charge in [0.1, 0.15) is 11.1 Å². The zero-order chi connectivity index (χ0) is 10.1.